The molecule has 0 aromatic heterocycles. The highest BCUT2D eigenvalue weighted by molar-refractivity contribution is 6.09. The van der Waals surface area contributed by atoms with Gasteiger partial charge >= 0.3 is 5.97 Å². The van der Waals surface area contributed by atoms with Gasteiger partial charge in [-0.3, -0.25) is 9.59 Å². The number of carboxylic acid groups (broad SMARTS) is 1. The molecule has 0 aliphatic heterocycles. The molecule has 17 heavy (non-hydrogen) atoms. The maximum Gasteiger partial charge on any atom is 0.319 e. The van der Waals surface area contributed by atoms with E-state index in [2.05, 4.69) is 0 Å². The van der Waals surface area contributed by atoms with E-state index in [1.54, 1.807) is 18.2 Å². The third-order valence-corrected chi connectivity index (χ3v) is 3.19. The van der Waals surface area contributed by atoms with Crippen molar-refractivity contribution in [2.24, 2.45) is 5.41 Å². The minimum Gasteiger partial charge on any atom is -0.480 e. The smallest absolute Gasteiger partial charge is 0.319 e. The standard InChI is InChI=1S/C12H12FNO3/c13-14(9-5-2-1-3-6-9)10(15)12(11(16)17)7-4-8-12/h1-3,5-6H,4,7-8H2,(H,16,17). The minimum absolute atomic E-state index is 0.0602. The second-order valence-electron chi connectivity index (χ2n) is 4.16. The Kier molecular flexibility index (Phi) is 2.83. The Balaban J connectivity index is 2.23. The average molecular weight is 237 g/mol. The SMILES string of the molecule is O=C(O)C1(C(=O)N(F)c2ccccc2)CCC1. The zero-order valence-electron chi connectivity index (χ0n) is 9.10. The number of nitrogens with zero attached hydrogens (tertiary/aromatic N) is 1. The monoisotopic (exact) mass is 237 g/mol. The van der Waals surface area contributed by atoms with E-state index in [1.807, 2.05) is 0 Å². The Hall–Kier alpha value is -1.91. The van der Waals surface area contributed by atoms with E-state index in [1.165, 1.54) is 12.1 Å². The average Bonchev–Trinajstić information content (AvgIpc) is 2.27. The number of benzene rings is 1. The third-order valence-electron chi connectivity index (χ3n) is 3.19. The summed E-state index contributed by atoms with van der Waals surface area (Å²) in [4.78, 5) is 22.9. The van der Waals surface area contributed by atoms with Gasteiger partial charge in [0.2, 0.25) is 0 Å². The van der Waals surface area contributed by atoms with Crippen LogP contribution in [0, 0.1) is 5.41 Å². The van der Waals surface area contributed by atoms with Crippen LogP contribution in [0.3, 0.4) is 0 Å². The number of carboxylic acids is 1. The number of hydrogen-bond acceptors (Lipinski definition) is 2. The number of rotatable bonds is 3. The van der Waals surface area contributed by atoms with E-state index in [0.717, 1.165) is 0 Å². The van der Waals surface area contributed by atoms with Crippen molar-refractivity contribution in [3.63, 3.8) is 0 Å². The van der Waals surface area contributed by atoms with Crippen molar-refractivity contribution >= 4 is 17.6 Å². The molecule has 5 heteroatoms. The molecule has 0 spiro atoms. The van der Waals surface area contributed by atoms with Crippen LogP contribution in [0.1, 0.15) is 19.3 Å². The molecule has 1 saturated carbocycles. The lowest BCUT2D eigenvalue weighted by Crippen LogP contribution is -2.50. The molecule has 0 atom stereocenters. The zero-order chi connectivity index (χ0) is 12.5. The van der Waals surface area contributed by atoms with Crippen LogP contribution in [0.4, 0.5) is 10.2 Å². The van der Waals surface area contributed by atoms with E-state index < -0.39 is 17.3 Å². The molecule has 1 aliphatic carbocycles. The molecule has 0 unspecified atom stereocenters. The Morgan fingerprint density at radius 2 is 1.82 bits per heavy atom. The van der Waals surface area contributed by atoms with Gasteiger partial charge < -0.3 is 5.11 Å². The van der Waals surface area contributed by atoms with E-state index in [9.17, 15) is 14.1 Å². The maximum atomic E-state index is 13.8. The van der Waals surface area contributed by atoms with Gasteiger partial charge in [-0.05, 0) is 25.0 Å². The number of carbonyl (C=O) groups excluding carboxylic acids is 1. The van der Waals surface area contributed by atoms with Gasteiger partial charge in [0.25, 0.3) is 5.91 Å². The van der Waals surface area contributed by atoms with E-state index in [0.29, 0.717) is 6.42 Å². The summed E-state index contributed by atoms with van der Waals surface area (Å²) >= 11 is 0. The van der Waals surface area contributed by atoms with Crippen molar-refractivity contribution in [1.29, 1.82) is 0 Å². The van der Waals surface area contributed by atoms with Gasteiger partial charge in [0, 0.05) is 0 Å². The fourth-order valence-corrected chi connectivity index (χ4v) is 1.91. The lowest BCUT2D eigenvalue weighted by Gasteiger charge is -2.36. The highest BCUT2D eigenvalue weighted by atomic mass is 19.2. The first kappa shape index (κ1) is 11.6. The van der Waals surface area contributed by atoms with Gasteiger partial charge in [-0.2, -0.15) is 0 Å². The largest absolute Gasteiger partial charge is 0.480 e. The summed E-state index contributed by atoms with van der Waals surface area (Å²) in [7, 11) is 0. The zero-order valence-corrected chi connectivity index (χ0v) is 9.10. The predicted molar refractivity (Wildman–Crippen MR) is 59.0 cm³/mol. The molecule has 1 aromatic rings. The molecule has 0 bridgehead atoms. The number of aliphatic carboxylic acids is 1. The van der Waals surface area contributed by atoms with Gasteiger partial charge in [0.1, 0.15) is 5.41 Å². The molecule has 1 aliphatic rings. The highest BCUT2D eigenvalue weighted by Crippen LogP contribution is 2.43. The molecule has 4 nitrogen and oxygen atoms in total. The molecule has 1 amide bonds. The number of hydrogen-bond donors (Lipinski definition) is 1. The normalized spacial score (nSPS) is 17.0. The third kappa shape index (κ3) is 1.77. The molecule has 1 fully saturated rings. The molecule has 2 rings (SSSR count). The van der Waals surface area contributed by atoms with E-state index in [4.69, 9.17) is 5.11 Å². The van der Waals surface area contributed by atoms with E-state index in [-0.39, 0.29) is 23.7 Å². The van der Waals surface area contributed by atoms with Crippen molar-refractivity contribution in [3.8, 4) is 0 Å². The fourth-order valence-electron chi connectivity index (χ4n) is 1.91. The first-order chi connectivity index (χ1) is 8.08. The molecule has 0 heterocycles. The lowest BCUT2D eigenvalue weighted by molar-refractivity contribution is -0.162. The minimum atomic E-state index is -1.56. The quantitative estimate of drug-likeness (QED) is 0.647. The van der Waals surface area contributed by atoms with Crippen molar-refractivity contribution in [2.75, 3.05) is 5.12 Å². The summed E-state index contributed by atoms with van der Waals surface area (Å²) in [6, 6.07) is 7.71. The van der Waals surface area contributed by atoms with Gasteiger partial charge in [-0.15, -0.1) is 5.12 Å². The van der Waals surface area contributed by atoms with Crippen LogP contribution in [0.2, 0.25) is 0 Å². The van der Waals surface area contributed by atoms with Crippen molar-refractivity contribution in [3.05, 3.63) is 30.3 Å². The van der Waals surface area contributed by atoms with Crippen LogP contribution in [0.5, 0.6) is 0 Å². The lowest BCUT2D eigenvalue weighted by atomic mass is 9.68. The highest BCUT2D eigenvalue weighted by Gasteiger charge is 2.53. The molecular weight excluding hydrogens is 225 g/mol. The molecular formula is C12H12FNO3. The fraction of sp³-hybridized carbons (Fsp3) is 0.333. The molecule has 1 N–H and O–H groups in total. The van der Waals surface area contributed by atoms with Crippen LogP contribution in [-0.2, 0) is 9.59 Å². The Morgan fingerprint density at radius 1 is 1.24 bits per heavy atom. The number of carbonyl (C=O) groups is 2. The van der Waals surface area contributed by atoms with E-state index >= 15 is 0 Å². The van der Waals surface area contributed by atoms with Gasteiger partial charge in [0.15, 0.2) is 0 Å². The summed E-state index contributed by atoms with van der Waals surface area (Å²) in [5.74, 6) is -2.23. The Bertz CT molecular complexity index is 442. The number of para-hydroxylation sites is 1. The van der Waals surface area contributed by atoms with Crippen LogP contribution in [0.25, 0.3) is 0 Å². The Labute approximate surface area is 97.6 Å². The molecule has 1 aromatic carbocycles. The van der Waals surface area contributed by atoms with Crippen LogP contribution in [0.15, 0.2) is 30.3 Å². The van der Waals surface area contributed by atoms with Gasteiger partial charge in [-0.25, -0.2) is 0 Å². The van der Waals surface area contributed by atoms with Crippen LogP contribution in [-0.4, -0.2) is 17.0 Å². The molecule has 90 valence electrons. The first-order valence-electron chi connectivity index (χ1n) is 5.37. The maximum absolute atomic E-state index is 13.8. The summed E-state index contributed by atoms with van der Waals surface area (Å²) in [6.07, 6.45) is 1.05. The van der Waals surface area contributed by atoms with Gasteiger partial charge in [0.05, 0.1) is 5.69 Å². The first-order valence-corrected chi connectivity index (χ1v) is 5.37. The number of halogens is 1. The molecule has 0 radical (unpaired) electrons. The topological polar surface area (TPSA) is 57.6 Å². The number of amides is 1. The summed E-state index contributed by atoms with van der Waals surface area (Å²) in [5, 5.41) is 8.97. The summed E-state index contributed by atoms with van der Waals surface area (Å²) in [6.45, 7) is 0. The number of anilines is 1. The summed E-state index contributed by atoms with van der Waals surface area (Å²) < 4.78 is 13.8. The van der Waals surface area contributed by atoms with Crippen LogP contribution < -0.4 is 5.12 Å². The summed E-state index contributed by atoms with van der Waals surface area (Å²) in [5.41, 5.74) is -1.50. The van der Waals surface area contributed by atoms with Crippen LogP contribution >= 0.6 is 0 Å². The predicted octanol–water partition coefficient (Wildman–Crippen LogP) is 2.16. The van der Waals surface area contributed by atoms with Crippen molar-refractivity contribution in [1.82, 2.24) is 0 Å². The van der Waals surface area contributed by atoms with Crippen molar-refractivity contribution < 1.29 is 19.2 Å². The second kappa shape index (κ2) is 4.16. The van der Waals surface area contributed by atoms with Crippen molar-refractivity contribution in [2.45, 2.75) is 19.3 Å². The molecule has 0 saturated heterocycles. The van der Waals surface area contributed by atoms with Gasteiger partial charge in [-0.1, -0.05) is 29.1 Å². The Morgan fingerprint density at radius 3 is 2.24 bits per heavy atom. The second-order valence-corrected chi connectivity index (χ2v) is 4.16.